The van der Waals surface area contributed by atoms with Crippen molar-refractivity contribution in [1.82, 2.24) is 19.2 Å². The van der Waals surface area contributed by atoms with Crippen molar-refractivity contribution in [3.8, 4) is 0 Å². The van der Waals surface area contributed by atoms with Crippen molar-refractivity contribution in [1.29, 1.82) is 0 Å². The van der Waals surface area contributed by atoms with E-state index < -0.39 is 0 Å². The molecule has 2 aromatic heterocycles. The highest BCUT2D eigenvalue weighted by molar-refractivity contribution is 5.43. The average molecular weight is 334 g/mol. The van der Waals surface area contributed by atoms with Crippen LogP contribution in [0.1, 0.15) is 61.2 Å². The second-order valence-electron chi connectivity index (χ2n) is 7.37. The number of hydrogen-bond donors (Lipinski definition) is 0. The first kappa shape index (κ1) is 14.9. The standard InChI is InChI=1S/C20H22N4O/c25-20-17-13-21-19(15-8-4-5-9-15)24(17)22-18-12-16(10-11-23(18)20)14-6-2-1-3-7-14/h1-3,6-7,13,15-16H,4-5,8-12H2. The summed E-state index contributed by atoms with van der Waals surface area (Å²) >= 11 is 0. The third-order valence-electron chi connectivity index (χ3n) is 5.88. The van der Waals surface area contributed by atoms with Crippen LogP contribution in [-0.4, -0.2) is 19.2 Å². The van der Waals surface area contributed by atoms with Gasteiger partial charge in [-0.25, -0.2) is 9.50 Å². The van der Waals surface area contributed by atoms with Crippen molar-refractivity contribution in [2.75, 3.05) is 0 Å². The lowest BCUT2D eigenvalue weighted by molar-refractivity contribution is 0.435. The van der Waals surface area contributed by atoms with Crippen molar-refractivity contribution in [3.05, 3.63) is 64.1 Å². The minimum atomic E-state index is 0.0632. The highest BCUT2D eigenvalue weighted by Crippen LogP contribution is 2.33. The zero-order chi connectivity index (χ0) is 16.8. The van der Waals surface area contributed by atoms with Crippen LogP contribution in [0.4, 0.5) is 0 Å². The molecular weight excluding hydrogens is 312 g/mol. The summed E-state index contributed by atoms with van der Waals surface area (Å²) < 4.78 is 3.70. The van der Waals surface area contributed by atoms with Gasteiger partial charge in [-0.1, -0.05) is 43.2 Å². The maximum absolute atomic E-state index is 12.9. The number of imidazole rings is 1. The molecule has 1 atom stereocenters. The number of fused-ring (bicyclic) bond motifs is 2. The number of nitrogens with zero attached hydrogens (tertiary/aromatic N) is 4. The fraction of sp³-hybridized carbons (Fsp3) is 0.450. The first-order valence-corrected chi connectivity index (χ1v) is 9.33. The fourth-order valence-electron chi connectivity index (χ4n) is 4.50. The van der Waals surface area contributed by atoms with Gasteiger partial charge in [0.2, 0.25) is 0 Å². The van der Waals surface area contributed by atoms with Crippen molar-refractivity contribution < 1.29 is 0 Å². The van der Waals surface area contributed by atoms with Gasteiger partial charge >= 0.3 is 0 Å². The van der Waals surface area contributed by atoms with Gasteiger partial charge in [-0.2, -0.15) is 5.10 Å². The van der Waals surface area contributed by atoms with E-state index in [-0.39, 0.29) is 5.56 Å². The first-order valence-electron chi connectivity index (χ1n) is 9.33. The van der Waals surface area contributed by atoms with Crippen molar-refractivity contribution >= 4 is 5.52 Å². The van der Waals surface area contributed by atoms with E-state index in [4.69, 9.17) is 5.10 Å². The molecule has 0 bridgehead atoms. The lowest BCUT2D eigenvalue weighted by Crippen LogP contribution is -2.33. The Morgan fingerprint density at radius 1 is 1.00 bits per heavy atom. The molecule has 0 amide bonds. The molecule has 1 fully saturated rings. The Balaban J connectivity index is 1.59. The fourth-order valence-corrected chi connectivity index (χ4v) is 4.50. The van der Waals surface area contributed by atoms with E-state index in [1.807, 2.05) is 15.1 Å². The van der Waals surface area contributed by atoms with Gasteiger partial charge in [0.25, 0.3) is 5.56 Å². The molecule has 5 rings (SSSR count). The van der Waals surface area contributed by atoms with Crippen molar-refractivity contribution in [3.63, 3.8) is 0 Å². The van der Waals surface area contributed by atoms with Gasteiger partial charge < -0.3 is 0 Å². The van der Waals surface area contributed by atoms with Crippen LogP contribution in [0.3, 0.4) is 0 Å². The molecule has 0 saturated heterocycles. The Labute approximate surface area is 146 Å². The third-order valence-corrected chi connectivity index (χ3v) is 5.88. The summed E-state index contributed by atoms with van der Waals surface area (Å²) in [5.74, 6) is 2.76. The quantitative estimate of drug-likeness (QED) is 0.723. The molecule has 0 N–H and O–H groups in total. The molecule has 1 aliphatic heterocycles. The lowest BCUT2D eigenvalue weighted by atomic mass is 9.90. The molecule has 2 aliphatic rings. The zero-order valence-electron chi connectivity index (χ0n) is 14.3. The summed E-state index contributed by atoms with van der Waals surface area (Å²) in [6, 6.07) is 10.6. The normalized spacial score (nSPS) is 20.9. The summed E-state index contributed by atoms with van der Waals surface area (Å²) in [6.07, 6.45) is 8.34. The summed E-state index contributed by atoms with van der Waals surface area (Å²) in [5.41, 5.74) is 2.03. The molecule has 3 aromatic rings. The van der Waals surface area contributed by atoms with Crippen molar-refractivity contribution in [2.45, 2.75) is 56.9 Å². The van der Waals surface area contributed by atoms with E-state index in [9.17, 15) is 4.79 Å². The molecule has 1 aromatic carbocycles. The summed E-state index contributed by atoms with van der Waals surface area (Å²) in [6.45, 7) is 0.737. The second kappa shape index (κ2) is 5.83. The lowest BCUT2D eigenvalue weighted by Gasteiger charge is -2.25. The van der Waals surface area contributed by atoms with Gasteiger partial charge in [0, 0.05) is 18.9 Å². The minimum absolute atomic E-state index is 0.0632. The minimum Gasteiger partial charge on any atom is -0.293 e. The molecule has 0 radical (unpaired) electrons. The zero-order valence-corrected chi connectivity index (χ0v) is 14.3. The maximum Gasteiger partial charge on any atom is 0.279 e. The predicted molar refractivity (Wildman–Crippen MR) is 96.0 cm³/mol. The number of rotatable bonds is 2. The Hall–Kier alpha value is -2.43. The van der Waals surface area contributed by atoms with Crippen LogP contribution in [0.15, 0.2) is 41.3 Å². The maximum atomic E-state index is 12.9. The Morgan fingerprint density at radius 3 is 2.60 bits per heavy atom. The first-order chi connectivity index (χ1) is 12.3. The number of hydrogen-bond acceptors (Lipinski definition) is 3. The number of aromatic nitrogens is 4. The van der Waals surface area contributed by atoms with Crippen LogP contribution in [0, 0.1) is 0 Å². The van der Waals surface area contributed by atoms with Crippen LogP contribution >= 0.6 is 0 Å². The molecule has 5 heteroatoms. The monoisotopic (exact) mass is 334 g/mol. The molecule has 0 spiro atoms. The highest BCUT2D eigenvalue weighted by Gasteiger charge is 2.27. The Kier molecular flexibility index (Phi) is 3.47. The summed E-state index contributed by atoms with van der Waals surface area (Å²) in [5, 5.41) is 4.87. The van der Waals surface area contributed by atoms with Gasteiger partial charge in [-0.3, -0.25) is 9.36 Å². The van der Waals surface area contributed by atoms with E-state index in [0.29, 0.717) is 17.4 Å². The number of benzene rings is 1. The van der Waals surface area contributed by atoms with Gasteiger partial charge in [-0.15, -0.1) is 0 Å². The van der Waals surface area contributed by atoms with Gasteiger partial charge in [-0.05, 0) is 30.7 Å². The topological polar surface area (TPSA) is 52.2 Å². The average Bonchev–Trinajstić information content (AvgIpc) is 3.31. The largest absolute Gasteiger partial charge is 0.293 e. The van der Waals surface area contributed by atoms with E-state index >= 15 is 0 Å². The molecule has 3 heterocycles. The van der Waals surface area contributed by atoms with E-state index in [0.717, 1.165) is 43.9 Å². The van der Waals surface area contributed by atoms with Gasteiger partial charge in [0.15, 0.2) is 5.52 Å². The van der Waals surface area contributed by atoms with Crippen LogP contribution in [0.5, 0.6) is 0 Å². The van der Waals surface area contributed by atoms with E-state index in [1.165, 1.54) is 18.4 Å². The van der Waals surface area contributed by atoms with E-state index in [2.05, 4.69) is 29.2 Å². The Morgan fingerprint density at radius 2 is 1.80 bits per heavy atom. The molecule has 1 unspecified atom stereocenters. The van der Waals surface area contributed by atoms with E-state index in [1.54, 1.807) is 6.20 Å². The molecule has 128 valence electrons. The Bertz CT molecular complexity index is 967. The molecule has 1 saturated carbocycles. The van der Waals surface area contributed by atoms with Gasteiger partial charge in [0.05, 0.1) is 6.20 Å². The SMILES string of the molecule is O=c1c2cnc(C3CCCC3)n2nc2n1CCC(c1ccccc1)C2. The molecular formula is C20H22N4O. The summed E-state index contributed by atoms with van der Waals surface area (Å²) in [4.78, 5) is 17.5. The highest BCUT2D eigenvalue weighted by atomic mass is 16.1. The molecule has 1 aliphatic carbocycles. The predicted octanol–water partition coefficient (Wildman–Crippen LogP) is 3.28. The van der Waals surface area contributed by atoms with Crippen LogP contribution in [0.25, 0.3) is 5.52 Å². The van der Waals surface area contributed by atoms with Crippen LogP contribution < -0.4 is 5.56 Å². The van der Waals surface area contributed by atoms with Crippen LogP contribution in [-0.2, 0) is 13.0 Å². The van der Waals surface area contributed by atoms with Gasteiger partial charge in [0.1, 0.15) is 11.6 Å². The van der Waals surface area contributed by atoms with Crippen LogP contribution in [0.2, 0.25) is 0 Å². The third kappa shape index (κ3) is 2.41. The van der Waals surface area contributed by atoms with Crippen molar-refractivity contribution in [2.24, 2.45) is 0 Å². The second-order valence-corrected chi connectivity index (χ2v) is 7.37. The molecule has 25 heavy (non-hydrogen) atoms. The smallest absolute Gasteiger partial charge is 0.279 e. The molecule has 5 nitrogen and oxygen atoms in total. The summed E-state index contributed by atoms with van der Waals surface area (Å²) in [7, 11) is 0.